The van der Waals surface area contributed by atoms with Crippen LogP contribution in [0.5, 0.6) is 0 Å². The van der Waals surface area contributed by atoms with Crippen LogP contribution < -0.4 is 0 Å². The van der Waals surface area contributed by atoms with E-state index < -0.39 is 5.60 Å². The Kier molecular flexibility index (Phi) is 6.26. The minimum atomic E-state index is -0.649. The molecule has 0 bridgehead atoms. The van der Waals surface area contributed by atoms with Crippen LogP contribution in [-0.4, -0.2) is 20.5 Å². The van der Waals surface area contributed by atoms with Crippen LogP contribution in [0.25, 0.3) is 0 Å². The van der Waals surface area contributed by atoms with Crippen LogP contribution in [0, 0.1) is 11.8 Å². The Morgan fingerprint density at radius 1 is 1.20 bits per heavy atom. The lowest BCUT2D eigenvalue weighted by atomic mass is 9.81. The monoisotopic (exact) mass is 344 g/mol. The van der Waals surface area contributed by atoms with Gasteiger partial charge in [0.15, 0.2) is 0 Å². The second-order valence-corrected chi connectivity index (χ2v) is 7.57. The van der Waals surface area contributed by atoms with Crippen LogP contribution in [0.2, 0.25) is 0 Å². The maximum absolute atomic E-state index is 11.1. The normalized spacial score (nSPS) is 12.7. The van der Waals surface area contributed by atoms with Gasteiger partial charge in [-0.15, -0.1) is 0 Å². The highest BCUT2D eigenvalue weighted by Crippen LogP contribution is 2.32. The summed E-state index contributed by atoms with van der Waals surface area (Å²) in [5.74, 6) is 0.966. The summed E-state index contributed by atoms with van der Waals surface area (Å²) < 4.78 is 2.97. The number of aromatic nitrogens is 2. The molecule has 116 valence electrons. The van der Waals surface area contributed by atoms with Crippen molar-refractivity contribution in [3.8, 4) is 0 Å². The lowest BCUT2D eigenvalue weighted by Gasteiger charge is -2.32. The highest BCUT2D eigenvalue weighted by atomic mass is 79.9. The molecule has 20 heavy (non-hydrogen) atoms. The zero-order valence-electron chi connectivity index (χ0n) is 13.7. The van der Waals surface area contributed by atoms with E-state index in [2.05, 4.69) is 55.6 Å². The molecule has 3 nitrogen and oxygen atoms in total. The third-order valence-corrected chi connectivity index (χ3v) is 4.49. The molecule has 0 aliphatic carbocycles. The Bertz CT molecular complexity index is 428. The molecule has 0 aromatic carbocycles. The van der Waals surface area contributed by atoms with E-state index in [-0.39, 0.29) is 0 Å². The van der Waals surface area contributed by atoms with E-state index in [1.54, 1.807) is 0 Å². The number of hydrogen-bond donors (Lipinski definition) is 1. The summed E-state index contributed by atoms with van der Waals surface area (Å²) in [6, 6.07) is 0. The minimum Gasteiger partial charge on any atom is -0.389 e. The van der Waals surface area contributed by atoms with Gasteiger partial charge in [0.1, 0.15) is 0 Å². The van der Waals surface area contributed by atoms with Gasteiger partial charge in [0.2, 0.25) is 0 Å². The van der Waals surface area contributed by atoms with Crippen LogP contribution in [0.4, 0.5) is 0 Å². The van der Waals surface area contributed by atoms with E-state index in [1.807, 2.05) is 11.7 Å². The molecule has 0 unspecified atom stereocenters. The van der Waals surface area contributed by atoms with E-state index in [1.165, 1.54) is 0 Å². The molecule has 4 heteroatoms. The fourth-order valence-corrected chi connectivity index (χ4v) is 3.83. The second kappa shape index (κ2) is 7.08. The number of aryl methyl sites for hydroxylation is 2. The van der Waals surface area contributed by atoms with Crippen LogP contribution >= 0.6 is 15.9 Å². The zero-order valence-corrected chi connectivity index (χ0v) is 15.3. The Morgan fingerprint density at radius 3 is 2.05 bits per heavy atom. The quantitative estimate of drug-likeness (QED) is 0.808. The predicted octanol–water partition coefficient (Wildman–Crippen LogP) is 4.11. The van der Waals surface area contributed by atoms with E-state index in [9.17, 15) is 5.11 Å². The maximum atomic E-state index is 11.1. The van der Waals surface area contributed by atoms with Gasteiger partial charge in [0.25, 0.3) is 0 Å². The number of rotatable bonds is 7. The summed E-state index contributed by atoms with van der Waals surface area (Å²) in [6.07, 6.45) is 3.21. The van der Waals surface area contributed by atoms with Crippen molar-refractivity contribution in [3.05, 3.63) is 15.9 Å². The van der Waals surface area contributed by atoms with Crippen molar-refractivity contribution in [1.29, 1.82) is 0 Å². The molecule has 0 fully saturated rings. The molecule has 1 aromatic heterocycles. The topological polar surface area (TPSA) is 38.0 Å². The number of nitrogens with zero attached hydrogens (tertiary/aromatic N) is 2. The highest BCUT2D eigenvalue weighted by Gasteiger charge is 2.32. The lowest BCUT2D eigenvalue weighted by Crippen LogP contribution is -2.35. The molecular weight excluding hydrogens is 316 g/mol. The fraction of sp³-hybridized carbons (Fsp3) is 0.812. The van der Waals surface area contributed by atoms with Crippen molar-refractivity contribution in [3.63, 3.8) is 0 Å². The largest absolute Gasteiger partial charge is 0.389 e. The zero-order chi connectivity index (χ0) is 15.5. The number of halogens is 1. The first-order valence-corrected chi connectivity index (χ1v) is 8.40. The van der Waals surface area contributed by atoms with Gasteiger partial charge >= 0.3 is 0 Å². The molecule has 0 atom stereocenters. The van der Waals surface area contributed by atoms with Crippen molar-refractivity contribution in [2.75, 3.05) is 0 Å². The summed E-state index contributed by atoms with van der Waals surface area (Å²) in [4.78, 5) is 0. The van der Waals surface area contributed by atoms with E-state index in [0.717, 1.165) is 35.1 Å². The molecule has 0 radical (unpaired) electrons. The predicted molar refractivity (Wildman–Crippen MR) is 87.8 cm³/mol. The molecule has 1 rings (SSSR count). The van der Waals surface area contributed by atoms with Crippen LogP contribution in [-0.2, 0) is 19.9 Å². The van der Waals surface area contributed by atoms with Crippen molar-refractivity contribution >= 4 is 15.9 Å². The van der Waals surface area contributed by atoms with Crippen molar-refractivity contribution in [2.24, 2.45) is 18.9 Å². The van der Waals surface area contributed by atoms with E-state index in [0.29, 0.717) is 18.3 Å². The maximum Gasteiger partial charge on any atom is 0.0766 e. The Hall–Kier alpha value is -0.350. The van der Waals surface area contributed by atoms with Crippen molar-refractivity contribution in [2.45, 2.75) is 65.9 Å². The smallest absolute Gasteiger partial charge is 0.0766 e. The van der Waals surface area contributed by atoms with E-state index in [4.69, 9.17) is 0 Å². The average Bonchev–Trinajstić information content (AvgIpc) is 2.53. The molecule has 0 aliphatic heterocycles. The molecule has 0 saturated heterocycles. The summed E-state index contributed by atoms with van der Waals surface area (Å²) in [7, 11) is 1.96. The molecule has 1 N–H and O–H groups in total. The van der Waals surface area contributed by atoms with Gasteiger partial charge in [-0.05, 0) is 47.0 Å². The summed E-state index contributed by atoms with van der Waals surface area (Å²) in [5, 5.41) is 15.6. The van der Waals surface area contributed by atoms with E-state index >= 15 is 0 Å². The van der Waals surface area contributed by atoms with Gasteiger partial charge < -0.3 is 5.11 Å². The number of aliphatic hydroxyl groups is 1. The summed E-state index contributed by atoms with van der Waals surface area (Å²) in [6.45, 7) is 10.8. The number of hydrogen-bond acceptors (Lipinski definition) is 2. The molecule has 1 heterocycles. The minimum absolute atomic E-state index is 0.483. The fourth-order valence-electron chi connectivity index (χ4n) is 3.07. The Morgan fingerprint density at radius 2 is 1.70 bits per heavy atom. The third kappa shape index (κ3) is 4.59. The van der Waals surface area contributed by atoms with Crippen LogP contribution in [0.15, 0.2) is 4.47 Å². The first-order valence-electron chi connectivity index (χ1n) is 7.61. The first-order chi connectivity index (χ1) is 9.18. The molecule has 0 spiro atoms. The summed E-state index contributed by atoms with van der Waals surface area (Å²) in [5.41, 5.74) is 1.52. The third-order valence-electron chi connectivity index (χ3n) is 3.58. The van der Waals surface area contributed by atoms with Crippen LogP contribution in [0.1, 0.15) is 58.8 Å². The van der Waals surface area contributed by atoms with Crippen molar-refractivity contribution in [1.82, 2.24) is 9.78 Å². The Labute approximate surface area is 131 Å². The van der Waals surface area contributed by atoms with Gasteiger partial charge in [0.05, 0.1) is 21.5 Å². The van der Waals surface area contributed by atoms with Crippen molar-refractivity contribution < 1.29 is 5.11 Å². The molecule has 0 amide bonds. The Balaban J connectivity index is 3.03. The standard InChI is InChI=1S/C16H29BrN2O/c1-7-13-15(17)14(19(6)18-13)10-16(20,8-11(2)3)9-12(4)5/h11-12,20H,7-10H2,1-6H3. The average molecular weight is 345 g/mol. The van der Waals surface area contributed by atoms with Gasteiger partial charge in [-0.25, -0.2) is 0 Å². The van der Waals surface area contributed by atoms with Gasteiger partial charge in [-0.3, -0.25) is 4.68 Å². The molecule has 0 aliphatic rings. The second-order valence-electron chi connectivity index (χ2n) is 6.78. The lowest BCUT2D eigenvalue weighted by molar-refractivity contribution is -0.000928. The van der Waals surface area contributed by atoms with Gasteiger partial charge in [0, 0.05) is 13.5 Å². The van der Waals surface area contributed by atoms with Gasteiger partial charge in [-0.1, -0.05) is 34.6 Å². The summed E-state index contributed by atoms with van der Waals surface area (Å²) >= 11 is 3.65. The molecule has 1 aromatic rings. The van der Waals surface area contributed by atoms with Crippen LogP contribution in [0.3, 0.4) is 0 Å². The molecule has 0 saturated carbocycles. The highest BCUT2D eigenvalue weighted by molar-refractivity contribution is 9.10. The SMILES string of the molecule is CCc1nn(C)c(CC(O)(CC(C)C)CC(C)C)c1Br. The first kappa shape index (κ1) is 17.7. The van der Waals surface area contributed by atoms with Gasteiger partial charge in [-0.2, -0.15) is 5.10 Å². The molecular formula is C16H29BrN2O.